The van der Waals surface area contributed by atoms with E-state index in [1.807, 2.05) is 0 Å². The van der Waals surface area contributed by atoms with Gasteiger partial charge >= 0.3 is 0 Å². The van der Waals surface area contributed by atoms with Crippen molar-refractivity contribution in [1.82, 2.24) is 0 Å². The summed E-state index contributed by atoms with van der Waals surface area (Å²) in [5.41, 5.74) is 0. The number of hydrogen-bond donors (Lipinski definition) is 0. The third kappa shape index (κ3) is 3.51. The number of sulfone groups is 1. The molecule has 0 saturated carbocycles. The molecule has 0 aliphatic heterocycles. The van der Waals surface area contributed by atoms with Crippen molar-refractivity contribution in [1.29, 1.82) is 0 Å². The van der Waals surface area contributed by atoms with Crippen LogP contribution in [-0.4, -0.2) is 20.0 Å². The lowest BCUT2D eigenvalue weighted by Gasteiger charge is -2.06. The van der Waals surface area contributed by atoms with Gasteiger partial charge in [-0.2, -0.15) is 0 Å². The molecule has 0 bridgehead atoms. The second-order valence-electron chi connectivity index (χ2n) is 3.96. The third-order valence-electron chi connectivity index (χ3n) is 2.23. The van der Waals surface area contributed by atoms with Crippen molar-refractivity contribution in [3.63, 3.8) is 0 Å². The van der Waals surface area contributed by atoms with Gasteiger partial charge < -0.3 is 0 Å². The fraction of sp³-hybridized carbons (Fsp3) is 0.364. The van der Waals surface area contributed by atoms with E-state index < -0.39 is 21.4 Å². The van der Waals surface area contributed by atoms with Gasteiger partial charge in [0.1, 0.15) is 11.6 Å². The molecule has 3 nitrogen and oxygen atoms in total. The Morgan fingerprint density at radius 3 is 2.47 bits per heavy atom. The number of rotatable bonds is 4. The molecule has 1 rings (SSSR count). The monoisotopic (exact) mass is 278 g/mol. The van der Waals surface area contributed by atoms with E-state index >= 15 is 0 Å². The topological polar surface area (TPSA) is 51.2 Å². The Labute approximate surface area is 105 Å². The maximum Gasteiger partial charge on any atom is 0.185 e. The van der Waals surface area contributed by atoms with Crippen LogP contribution in [0.3, 0.4) is 0 Å². The minimum absolute atomic E-state index is 0.141. The van der Waals surface area contributed by atoms with Crippen molar-refractivity contribution < 1.29 is 17.6 Å². The van der Waals surface area contributed by atoms with Crippen LogP contribution in [0, 0.1) is 11.7 Å². The fourth-order valence-electron chi connectivity index (χ4n) is 1.11. The molecule has 0 radical (unpaired) electrons. The summed E-state index contributed by atoms with van der Waals surface area (Å²) < 4.78 is 36.5. The smallest absolute Gasteiger partial charge is 0.185 e. The predicted octanol–water partition coefficient (Wildman–Crippen LogP) is 2.48. The van der Waals surface area contributed by atoms with Gasteiger partial charge in [0.2, 0.25) is 0 Å². The van der Waals surface area contributed by atoms with Crippen molar-refractivity contribution in [3.05, 3.63) is 29.0 Å². The van der Waals surface area contributed by atoms with Gasteiger partial charge in [-0.3, -0.25) is 4.79 Å². The Morgan fingerprint density at radius 1 is 1.41 bits per heavy atom. The summed E-state index contributed by atoms with van der Waals surface area (Å²) in [7, 11) is -3.74. The van der Waals surface area contributed by atoms with Gasteiger partial charge in [0.15, 0.2) is 15.6 Å². The lowest BCUT2D eigenvalue weighted by Crippen LogP contribution is -2.20. The van der Waals surface area contributed by atoms with Crippen LogP contribution in [-0.2, 0) is 14.6 Å². The van der Waals surface area contributed by atoms with Crippen molar-refractivity contribution >= 4 is 27.2 Å². The second kappa shape index (κ2) is 5.14. The first-order chi connectivity index (χ1) is 7.74. The van der Waals surface area contributed by atoms with Gasteiger partial charge in [0.25, 0.3) is 0 Å². The number of benzene rings is 1. The average molecular weight is 279 g/mol. The first kappa shape index (κ1) is 14.1. The Bertz CT molecular complexity index is 538. The molecule has 0 amide bonds. The van der Waals surface area contributed by atoms with Crippen LogP contribution >= 0.6 is 11.6 Å². The summed E-state index contributed by atoms with van der Waals surface area (Å²) in [5.74, 6) is -2.03. The van der Waals surface area contributed by atoms with E-state index in [0.717, 1.165) is 18.2 Å². The number of carbonyl (C=O) groups excluding carboxylic acids is 1. The summed E-state index contributed by atoms with van der Waals surface area (Å²) >= 11 is 5.49. The number of Topliss-reactive ketones (excluding diaryl/α,β-unsaturated/α-hetero) is 1. The second-order valence-corrected chi connectivity index (χ2v) is 6.35. The first-order valence-electron chi connectivity index (χ1n) is 4.94. The highest BCUT2D eigenvalue weighted by Crippen LogP contribution is 2.20. The lowest BCUT2D eigenvalue weighted by molar-refractivity contribution is -0.119. The number of carbonyl (C=O) groups is 1. The van der Waals surface area contributed by atoms with Gasteiger partial charge in [-0.1, -0.05) is 25.4 Å². The maximum atomic E-state index is 12.9. The van der Waals surface area contributed by atoms with E-state index in [2.05, 4.69) is 0 Å². The highest BCUT2D eigenvalue weighted by atomic mass is 35.5. The third-order valence-corrected chi connectivity index (χ3v) is 4.15. The van der Waals surface area contributed by atoms with Gasteiger partial charge in [-0.15, -0.1) is 0 Å². The van der Waals surface area contributed by atoms with Gasteiger partial charge in [-0.05, 0) is 18.2 Å². The molecule has 6 heteroatoms. The predicted molar refractivity (Wildman–Crippen MR) is 63.3 cm³/mol. The SMILES string of the molecule is CC(C)C(=O)CS(=O)(=O)c1ccc(F)c(Cl)c1. The molecule has 0 saturated heterocycles. The van der Waals surface area contributed by atoms with E-state index in [0.29, 0.717) is 0 Å². The zero-order valence-corrected chi connectivity index (χ0v) is 11.0. The molecule has 0 N–H and O–H groups in total. The standard InChI is InChI=1S/C11H12ClFO3S/c1-7(2)11(14)6-17(15,16)8-3-4-10(13)9(12)5-8/h3-5,7H,6H2,1-2H3. The van der Waals surface area contributed by atoms with Crippen LogP contribution in [0.15, 0.2) is 23.1 Å². The van der Waals surface area contributed by atoms with E-state index in [-0.39, 0.29) is 21.6 Å². The summed E-state index contributed by atoms with van der Waals surface area (Å²) in [6.07, 6.45) is 0. The zero-order chi connectivity index (χ0) is 13.2. The van der Waals surface area contributed by atoms with E-state index in [1.54, 1.807) is 13.8 Å². The Balaban J connectivity index is 3.06. The lowest BCUT2D eigenvalue weighted by atomic mass is 10.1. The maximum absolute atomic E-state index is 12.9. The molecule has 0 aliphatic carbocycles. The largest absolute Gasteiger partial charge is 0.298 e. The molecule has 94 valence electrons. The van der Waals surface area contributed by atoms with Crippen molar-refractivity contribution in [2.24, 2.45) is 5.92 Å². The van der Waals surface area contributed by atoms with Crippen LogP contribution in [0.4, 0.5) is 4.39 Å². The Morgan fingerprint density at radius 2 is 2.00 bits per heavy atom. The van der Waals surface area contributed by atoms with Crippen LogP contribution < -0.4 is 0 Å². The average Bonchev–Trinajstić information content (AvgIpc) is 2.21. The quantitative estimate of drug-likeness (QED) is 0.795. The van der Waals surface area contributed by atoms with Gasteiger partial charge in [0, 0.05) is 5.92 Å². The number of halogens is 2. The molecule has 0 aliphatic rings. The highest BCUT2D eigenvalue weighted by Gasteiger charge is 2.21. The van der Waals surface area contributed by atoms with Crippen LogP contribution in [0.5, 0.6) is 0 Å². The Hall–Kier alpha value is -0.940. The molecule has 0 heterocycles. The molecule has 0 spiro atoms. The Kier molecular flexibility index (Phi) is 4.27. The fourth-order valence-corrected chi connectivity index (χ4v) is 2.80. The van der Waals surface area contributed by atoms with Gasteiger partial charge in [0.05, 0.1) is 9.92 Å². The summed E-state index contributed by atoms with van der Waals surface area (Å²) in [5, 5.41) is -0.275. The highest BCUT2D eigenvalue weighted by molar-refractivity contribution is 7.92. The number of ketones is 1. The molecule has 0 fully saturated rings. The molecule has 0 atom stereocenters. The first-order valence-corrected chi connectivity index (χ1v) is 6.97. The van der Waals surface area contributed by atoms with Crippen LogP contribution in [0.25, 0.3) is 0 Å². The molecule has 17 heavy (non-hydrogen) atoms. The van der Waals surface area contributed by atoms with Crippen molar-refractivity contribution in [2.45, 2.75) is 18.7 Å². The van der Waals surface area contributed by atoms with Gasteiger partial charge in [-0.25, -0.2) is 12.8 Å². The van der Waals surface area contributed by atoms with Crippen molar-refractivity contribution in [3.8, 4) is 0 Å². The molecule has 1 aromatic rings. The summed E-state index contributed by atoms with van der Waals surface area (Å²) in [6, 6.07) is 3.08. The summed E-state index contributed by atoms with van der Waals surface area (Å²) in [6.45, 7) is 3.24. The summed E-state index contributed by atoms with van der Waals surface area (Å²) in [4.78, 5) is 11.3. The molecular formula is C11H12ClFO3S. The van der Waals surface area contributed by atoms with E-state index in [1.165, 1.54) is 0 Å². The minimum Gasteiger partial charge on any atom is -0.298 e. The van der Waals surface area contributed by atoms with Crippen LogP contribution in [0.1, 0.15) is 13.8 Å². The molecule has 0 aromatic heterocycles. The van der Waals surface area contributed by atoms with Crippen LogP contribution in [0.2, 0.25) is 5.02 Å². The van der Waals surface area contributed by atoms with E-state index in [9.17, 15) is 17.6 Å². The van der Waals surface area contributed by atoms with E-state index in [4.69, 9.17) is 11.6 Å². The zero-order valence-electron chi connectivity index (χ0n) is 9.41. The molecule has 1 aromatic carbocycles. The normalized spacial score (nSPS) is 11.8. The molecule has 0 unspecified atom stereocenters. The molecular weight excluding hydrogens is 267 g/mol. The van der Waals surface area contributed by atoms with Crippen molar-refractivity contribution in [2.75, 3.05) is 5.75 Å². The minimum atomic E-state index is -3.74. The number of hydrogen-bond acceptors (Lipinski definition) is 3.